The third kappa shape index (κ3) is 2.17. The number of carbonyl (C=O) groups excluding carboxylic acids is 1. The highest BCUT2D eigenvalue weighted by atomic mass is 16.5. The molecule has 0 amide bonds. The van der Waals surface area contributed by atoms with Crippen LogP contribution in [-0.4, -0.2) is 25.7 Å². The molecule has 0 spiro atoms. The summed E-state index contributed by atoms with van der Waals surface area (Å²) in [6.45, 7) is 3.43. The van der Waals surface area contributed by atoms with Crippen molar-refractivity contribution in [2.75, 3.05) is 13.7 Å². The zero-order valence-electron chi connectivity index (χ0n) is 9.45. The van der Waals surface area contributed by atoms with Gasteiger partial charge in [0.1, 0.15) is 12.4 Å². The summed E-state index contributed by atoms with van der Waals surface area (Å²) >= 11 is 0. The smallest absolute Gasteiger partial charge is 0.337 e. The minimum absolute atomic E-state index is 0.314. The minimum atomic E-state index is -0.336. The van der Waals surface area contributed by atoms with Gasteiger partial charge in [-0.3, -0.25) is 0 Å². The SMILES string of the molecule is COC(=O)c1ccc2c(c1)OCC(C)NC2. The number of methoxy groups -OCH3 is 1. The van der Waals surface area contributed by atoms with Gasteiger partial charge >= 0.3 is 5.97 Å². The number of carbonyl (C=O) groups is 1. The monoisotopic (exact) mass is 221 g/mol. The van der Waals surface area contributed by atoms with E-state index in [0.29, 0.717) is 18.2 Å². The minimum Gasteiger partial charge on any atom is -0.492 e. The molecule has 1 aromatic carbocycles. The van der Waals surface area contributed by atoms with Crippen molar-refractivity contribution >= 4 is 5.97 Å². The molecular weight excluding hydrogens is 206 g/mol. The van der Waals surface area contributed by atoms with Crippen LogP contribution in [0.1, 0.15) is 22.8 Å². The molecule has 0 bridgehead atoms. The molecule has 16 heavy (non-hydrogen) atoms. The van der Waals surface area contributed by atoms with Crippen molar-refractivity contribution in [1.82, 2.24) is 5.32 Å². The largest absolute Gasteiger partial charge is 0.492 e. The molecule has 86 valence electrons. The molecule has 1 aliphatic rings. The van der Waals surface area contributed by atoms with Crippen molar-refractivity contribution in [2.24, 2.45) is 0 Å². The van der Waals surface area contributed by atoms with Crippen LogP contribution in [0.25, 0.3) is 0 Å². The predicted molar refractivity (Wildman–Crippen MR) is 59.6 cm³/mol. The highest BCUT2D eigenvalue weighted by molar-refractivity contribution is 5.89. The van der Waals surface area contributed by atoms with E-state index in [1.807, 2.05) is 6.07 Å². The van der Waals surface area contributed by atoms with E-state index in [1.165, 1.54) is 7.11 Å². The maximum absolute atomic E-state index is 11.4. The summed E-state index contributed by atoms with van der Waals surface area (Å²) in [6.07, 6.45) is 0. The first-order chi connectivity index (χ1) is 7.70. The molecule has 1 aliphatic heterocycles. The first kappa shape index (κ1) is 11.0. The molecule has 1 N–H and O–H groups in total. The predicted octanol–water partition coefficient (Wildman–Crippen LogP) is 1.34. The fourth-order valence-electron chi connectivity index (χ4n) is 1.64. The second kappa shape index (κ2) is 4.53. The topological polar surface area (TPSA) is 47.6 Å². The molecule has 0 saturated carbocycles. The van der Waals surface area contributed by atoms with Gasteiger partial charge in [-0.25, -0.2) is 4.79 Å². The van der Waals surface area contributed by atoms with Crippen molar-refractivity contribution in [1.29, 1.82) is 0 Å². The quantitative estimate of drug-likeness (QED) is 0.727. The zero-order chi connectivity index (χ0) is 11.5. The van der Waals surface area contributed by atoms with Gasteiger partial charge in [-0.15, -0.1) is 0 Å². The summed E-state index contributed by atoms with van der Waals surface area (Å²) in [5.74, 6) is 0.427. The van der Waals surface area contributed by atoms with Crippen LogP contribution in [0, 0.1) is 0 Å². The van der Waals surface area contributed by atoms with Crippen LogP contribution in [-0.2, 0) is 11.3 Å². The molecule has 2 rings (SSSR count). The number of fused-ring (bicyclic) bond motifs is 1. The Balaban J connectivity index is 2.28. The standard InChI is InChI=1S/C12H15NO3/c1-8-7-16-11-5-9(12(14)15-2)3-4-10(11)6-13-8/h3-5,8,13H,6-7H2,1-2H3. The Kier molecular flexibility index (Phi) is 3.10. The average Bonchev–Trinajstić information content (AvgIpc) is 2.50. The summed E-state index contributed by atoms with van der Waals surface area (Å²) < 4.78 is 10.3. The number of rotatable bonds is 1. The Morgan fingerprint density at radius 1 is 1.56 bits per heavy atom. The van der Waals surface area contributed by atoms with Crippen molar-refractivity contribution in [3.05, 3.63) is 29.3 Å². The van der Waals surface area contributed by atoms with Crippen molar-refractivity contribution < 1.29 is 14.3 Å². The summed E-state index contributed by atoms with van der Waals surface area (Å²) in [5.41, 5.74) is 1.59. The van der Waals surface area contributed by atoms with E-state index in [0.717, 1.165) is 17.9 Å². The van der Waals surface area contributed by atoms with E-state index < -0.39 is 0 Å². The molecule has 4 nitrogen and oxygen atoms in total. The summed E-state index contributed by atoms with van der Waals surface area (Å²) in [7, 11) is 1.37. The number of nitrogens with one attached hydrogen (secondary N) is 1. The van der Waals surface area contributed by atoms with Crippen molar-refractivity contribution in [3.63, 3.8) is 0 Å². The third-order valence-electron chi connectivity index (χ3n) is 2.62. The molecular formula is C12H15NO3. The van der Waals surface area contributed by atoms with Crippen LogP contribution in [0.2, 0.25) is 0 Å². The van der Waals surface area contributed by atoms with Gasteiger partial charge in [0.2, 0.25) is 0 Å². The molecule has 0 fully saturated rings. The highest BCUT2D eigenvalue weighted by Gasteiger charge is 2.15. The number of hydrogen-bond donors (Lipinski definition) is 1. The van der Waals surface area contributed by atoms with E-state index in [1.54, 1.807) is 12.1 Å². The van der Waals surface area contributed by atoms with E-state index in [4.69, 9.17) is 4.74 Å². The Bertz CT molecular complexity index is 403. The third-order valence-corrected chi connectivity index (χ3v) is 2.62. The average molecular weight is 221 g/mol. The van der Waals surface area contributed by atoms with E-state index in [-0.39, 0.29) is 5.97 Å². The van der Waals surface area contributed by atoms with Gasteiger partial charge in [0.05, 0.1) is 12.7 Å². The van der Waals surface area contributed by atoms with E-state index >= 15 is 0 Å². The van der Waals surface area contributed by atoms with Gasteiger partial charge in [0, 0.05) is 18.2 Å². The lowest BCUT2D eigenvalue weighted by molar-refractivity contribution is 0.0600. The lowest BCUT2D eigenvalue weighted by Crippen LogP contribution is -2.28. The zero-order valence-corrected chi connectivity index (χ0v) is 9.45. The van der Waals surface area contributed by atoms with Gasteiger partial charge in [0.15, 0.2) is 0 Å². The lowest BCUT2D eigenvalue weighted by atomic mass is 10.1. The summed E-state index contributed by atoms with van der Waals surface area (Å²) in [5, 5.41) is 3.32. The summed E-state index contributed by atoms with van der Waals surface area (Å²) in [6, 6.07) is 5.70. The first-order valence-corrected chi connectivity index (χ1v) is 5.28. The van der Waals surface area contributed by atoms with Gasteiger partial charge < -0.3 is 14.8 Å². The van der Waals surface area contributed by atoms with Gasteiger partial charge in [-0.1, -0.05) is 6.07 Å². The van der Waals surface area contributed by atoms with Crippen LogP contribution in [0.4, 0.5) is 0 Å². The Labute approximate surface area is 94.6 Å². The maximum Gasteiger partial charge on any atom is 0.337 e. The number of ether oxygens (including phenoxy) is 2. The second-order valence-electron chi connectivity index (χ2n) is 3.91. The normalized spacial score (nSPS) is 19.2. The van der Waals surface area contributed by atoms with Gasteiger partial charge in [-0.05, 0) is 19.1 Å². The van der Waals surface area contributed by atoms with Crippen LogP contribution in [0.3, 0.4) is 0 Å². The van der Waals surface area contributed by atoms with Crippen LogP contribution < -0.4 is 10.1 Å². The molecule has 1 heterocycles. The first-order valence-electron chi connectivity index (χ1n) is 5.28. The second-order valence-corrected chi connectivity index (χ2v) is 3.91. The van der Waals surface area contributed by atoms with E-state index in [9.17, 15) is 4.79 Å². The molecule has 1 unspecified atom stereocenters. The van der Waals surface area contributed by atoms with Gasteiger partial charge in [-0.2, -0.15) is 0 Å². The molecule has 1 aromatic rings. The lowest BCUT2D eigenvalue weighted by Gasteiger charge is -2.08. The van der Waals surface area contributed by atoms with E-state index in [2.05, 4.69) is 17.0 Å². The maximum atomic E-state index is 11.4. The fourth-order valence-corrected chi connectivity index (χ4v) is 1.64. The molecule has 0 saturated heterocycles. The van der Waals surface area contributed by atoms with Crippen LogP contribution >= 0.6 is 0 Å². The molecule has 0 aliphatic carbocycles. The summed E-state index contributed by atoms with van der Waals surface area (Å²) in [4.78, 5) is 11.4. The fraction of sp³-hybridized carbons (Fsp3) is 0.417. The highest BCUT2D eigenvalue weighted by Crippen LogP contribution is 2.23. The number of benzene rings is 1. The Morgan fingerprint density at radius 3 is 3.12 bits per heavy atom. The van der Waals surface area contributed by atoms with Crippen LogP contribution in [0.5, 0.6) is 5.75 Å². The van der Waals surface area contributed by atoms with Crippen molar-refractivity contribution in [2.45, 2.75) is 19.5 Å². The molecule has 4 heteroatoms. The van der Waals surface area contributed by atoms with Crippen LogP contribution in [0.15, 0.2) is 18.2 Å². The molecule has 1 atom stereocenters. The number of esters is 1. The molecule has 0 aromatic heterocycles. The van der Waals surface area contributed by atoms with Gasteiger partial charge in [0.25, 0.3) is 0 Å². The number of hydrogen-bond acceptors (Lipinski definition) is 4. The van der Waals surface area contributed by atoms with Crippen molar-refractivity contribution in [3.8, 4) is 5.75 Å². The molecule has 0 radical (unpaired) electrons. The Morgan fingerprint density at radius 2 is 2.38 bits per heavy atom. The Hall–Kier alpha value is -1.55.